The van der Waals surface area contributed by atoms with E-state index in [1.807, 2.05) is 0 Å². The van der Waals surface area contributed by atoms with Crippen LogP contribution in [-0.2, 0) is 12.6 Å². The lowest BCUT2D eigenvalue weighted by Crippen LogP contribution is -2.37. The van der Waals surface area contributed by atoms with E-state index in [1.165, 1.54) is 30.2 Å². The molecule has 2 N–H and O–H groups in total. The predicted octanol–water partition coefficient (Wildman–Crippen LogP) is 5.24. The summed E-state index contributed by atoms with van der Waals surface area (Å²) in [6.45, 7) is 3.74. The Balaban J connectivity index is 1.40. The first-order chi connectivity index (χ1) is 16.8. The van der Waals surface area contributed by atoms with E-state index < -0.39 is 17.8 Å². The number of urea groups is 1. The van der Waals surface area contributed by atoms with Gasteiger partial charge in [-0.25, -0.2) is 4.79 Å². The summed E-state index contributed by atoms with van der Waals surface area (Å²) in [6.07, 6.45) is 1.21. The quantitative estimate of drug-likeness (QED) is 0.526. The van der Waals surface area contributed by atoms with Crippen LogP contribution in [0, 0.1) is 0 Å². The molecule has 35 heavy (non-hydrogen) atoms. The van der Waals surface area contributed by atoms with E-state index in [-0.39, 0.29) is 23.0 Å². The largest absolute Gasteiger partial charge is 0.417 e. The zero-order valence-corrected chi connectivity index (χ0v) is 20.4. The number of hydrogen-bond acceptors (Lipinski definition) is 4. The average Bonchev–Trinajstić information content (AvgIpc) is 3.26. The Morgan fingerprint density at radius 2 is 1.83 bits per heavy atom. The number of rotatable bonds is 6. The van der Waals surface area contributed by atoms with Gasteiger partial charge in [-0.2, -0.15) is 13.2 Å². The van der Waals surface area contributed by atoms with Crippen molar-refractivity contribution in [3.8, 4) is 0 Å². The number of piperidine rings is 1. The Morgan fingerprint density at radius 3 is 2.54 bits per heavy atom. The highest BCUT2D eigenvalue weighted by Crippen LogP contribution is 2.42. The SMILES string of the molecule is CSc1cc2c(cc1C(F)(F)F)N(C(=O)Nc1cccc(C(=O)NCCN3CCCCC3)c1)CC2. The molecule has 2 aliphatic heterocycles. The molecule has 2 aromatic rings. The van der Waals surface area contributed by atoms with Crippen LogP contribution in [0.4, 0.5) is 29.3 Å². The van der Waals surface area contributed by atoms with Gasteiger partial charge in [0.05, 0.1) is 5.56 Å². The Labute approximate surface area is 207 Å². The van der Waals surface area contributed by atoms with Gasteiger partial charge >= 0.3 is 12.2 Å². The number of benzene rings is 2. The summed E-state index contributed by atoms with van der Waals surface area (Å²) >= 11 is 1.04. The number of hydrogen-bond donors (Lipinski definition) is 2. The molecule has 3 amide bonds. The molecule has 0 aliphatic carbocycles. The number of likely N-dealkylation sites (tertiary alicyclic amines) is 1. The van der Waals surface area contributed by atoms with Crippen LogP contribution in [-0.4, -0.2) is 55.8 Å². The molecular weight excluding hydrogens is 477 g/mol. The zero-order chi connectivity index (χ0) is 25.0. The Bertz CT molecular complexity index is 1090. The first kappa shape index (κ1) is 25.4. The minimum atomic E-state index is -4.51. The van der Waals surface area contributed by atoms with Gasteiger partial charge in [0.15, 0.2) is 0 Å². The fourth-order valence-corrected chi connectivity index (χ4v) is 5.21. The van der Waals surface area contributed by atoms with E-state index in [0.29, 0.717) is 29.8 Å². The topological polar surface area (TPSA) is 64.7 Å². The lowest BCUT2D eigenvalue weighted by Gasteiger charge is -2.26. The number of alkyl halides is 3. The van der Waals surface area contributed by atoms with Gasteiger partial charge in [0, 0.05) is 41.5 Å². The number of nitrogens with zero attached hydrogens (tertiary/aromatic N) is 2. The number of fused-ring (bicyclic) bond motifs is 1. The maximum absolute atomic E-state index is 13.5. The van der Waals surface area contributed by atoms with Crippen molar-refractivity contribution in [1.82, 2.24) is 10.2 Å². The molecule has 4 rings (SSSR count). The molecule has 10 heteroatoms. The molecule has 2 aliphatic rings. The minimum Gasteiger partial charge on any atom is -0.351 e. The van der Waals surface area contributed by atoms with Gasteiger partial charge in [0.1, 0.15) is 0 Å². The van der Waals surface area contributed by atoms with E-state index >= 15 is 0 Å². The van der Waals surface area contributed by atoms with Crippen molar-refractivity contribution in [1.29, 1.82) is 0 Å². The van der Waals surface area contributed by atoms with E-state index in [9.17, 15) is 22.8 Å². The zero-order valence-electron chi connectivity index (χ0n) is 19.6. The van der Waals surface area contributed by atoms with Gasteiger partial charge in [0.25, 0.3) is 5.91 Å². The molecule has 0 unspecified atom stereocenters. The molecular formula is C25H29F3N4O2S. The number of nitrogens with one attached hydrogen (secondary N) is 2. The Hall–Kier alpha value is -2.72. The second kappa shape index (κ2) is 10.9. The molecule has 0 spiro atoms. The van der Waals surface area contributed by atoms with Crippen molar-refractivity contribution in [2.45, 2.75) is 36.8 Å². The molecule has 1 fully saturated rings. The molecule has 0 aromatic heterocycles. The second-order valence-electron chi connectivity index (χ2n) is 8.75. The Kier molecular flexibility index (Phi) is 7.91. The lowest BCUT2D eigenvalue weighted by molar-refractivity contribution is -0.139. The third kappa shape index (κ3) is 6.10. The fourth-order valence-electron chi connectivity index (χ4n) is 4.56. The number of carbonyl (C=O) groups is 2. The molecule has 2 aromatic carbocycles. The smallest absolute Gasteiger partial charge is 0.351 e. The minimum absolute atomic E-state index is 0.150. The van der Waals surface area contributed by atoms with Crippen LogP contribution in [0.5, 0.6) is 0 Å². The molecule has 0 saturated carbocycles. The number of thioether (sulfide) groups is 1. The van der Waals surface area contributed by atoms with Gasteiger partial charge < -0.3 is 15.5 Å². The number of amides is 3. The predicted molar refractivity (Wildman–Crippen MR) is 132 cm³/mol. The van der Waals surface area contributed by atoms with Crippen molar-refractivity contribution in [3.05, 3.63) is 53.1 Å². The lowest BCUT2D eigenvalue weighted by atomic mass is 10.1. The molecule has 0 bridgehead atoms. The molecule has 2 heterocycles. The maximum Gasteiger partial charge on any atom is 0.417 e. The summed E-state index contributed by atoms with van der Waals surface area (Å²) in [5, 5.41) is 5.64. The van der Waals surface area contributed by atoms with Crippen molar-refractivity contribution in [2.75, 3.05) is 49.2 Å². The number of halogens is 3. The molecule has 0 atom stereocenters. The molecule has 0 radical (unpaired) electrons. The van der Waals surface area contributed by atoms with Gasteiger partial charge in [-0.05, 0) is 74.5 Å². The summed E-state index contributed by atoms with van der Waals surface area (Å²) in [7, 11) is 0. The van der Waals surface area contributed by atoms with Crippen molar-refractivity contribution >= 4 is 35.1 Å². The summed E-state index contributed by atoms with van der Waals surface area (Å²) in [6, 6.07) is 8.60. The van der Waals surface area contributed by atoms with Crippen LogP contribution < -0.4 is 15.5 Å². The Morgan fingerprint density at radius 1 is 1.06 bits per heavy atom. The van der Waals surface area contributed by atoms with Crippen LogP contribution in [0.25, 0.3) is 0 Å². The maximum atomic E-state index is 13.5. The third-order valence-electron chi connectivity index (χ3n) is 6.39. The normalized spacial score (nSPS) is 16.2. The first-order valence-electron chi connectivity index (χ1n) is 11.7. The van der Waals surface area contributed by atoms with Gasteiger partial charge in [-0.1, -0.05) is 12.5 Å². The van der Waals surface area contributed by atoms with Crippen molar-refractivity contribution < 1.29 is 22.8 Å². The molecule has 188 valence electrons. The standard InChI is InChI=1S/C25H29F3N4O2S/c1-35-22-15-17-8-12-32(21(17)16-20(22)25(26,27)28)24(34)30-19-7-5-6-18(14-19)23(33)29-9-13-31-10-3-2-4-11-31/h5-7,14-16H,2-4,8-13H2,1H3,(H,29,33)(H,30,34). The number of carbonyl (C=O) groups excluding carboxylic acids is 2. The third-order valence-corrected chi connectivity index (χ3v) is 7.16. The van der Waals surface area contributed by atoms with Gasteiger partial charge in [-0.3, -0.25) is 9.69 Å². The fraction of sp³-hybridized carbons (Fsp3) is 0.440. The van der Waals surface area contributed by atoms with Crippen molar-refractivity contribution in [2.24, 2.45) is 0 Å². The van der Waals surface area contributed by atoms with E-state index in [0.717, 1.165) is 37.5 Å². The van der Waals surface area contributed by atoms with E-state index in [1.54, 1.807) is 30.5 Å². The highest BCUT2D eigenvalue weighted by atomic mass is 32.2. The van der Waals surface area contributed by atoms with Crippen molar-refractivity contribution in [3.63, 3.8) is 0 Å². The van der Waals surface area contributed by atoms with Crippen LogP contribution in [0.3, 0.4) is 0 Å². The molecule has 6 nitrogen and oxygen atoms in total. The van der Waals surface area contributed by atoms with E-state index in [2.05, 4.69) is 15.5 Å². The summed E-state index contributed by atoms with van der Waals surface area (Å²) in [5.41, 5.74) is 1.04. The summed E-state index contributed by atoms with van der Waals surface area (Å²) in [4.78, 5) is 29.3. The highest BCUT2D eigenvalue weighted by molar-refractivity contribution is 7.98. The number of anilines is 2. The molecule has 1 saturated heterocycles. The van der Waals surface area contributed by atoms with E-state index in [4.69, 9.17) is 0 Å². The summed E-state index contributed by atoms with van der Waals surface area (Å²) < 4.78 is 40.6. The van der Waals surface area contributed by atoms with Gasteiger partial charge in [0.2, 0.25) is 0 Å². The monoisotopic (exact) mass is 506 g/mol. The van der Waals surface area contributed by atoms with Gasteiger partial charge in [-0.15, -0.1) is 11.8 Å². The van der Waals surface area contributed by atoms with Crippen LogP contribution in [0.2, 0.25) is 0 Å². The van der Waals surface area contributed by atoms with Crippen LogP contribution in [0.1, 0.15) is 40.7 Å². The summed E-state index contributed by atoms with van der Waals surface area (Å²) in [5.74, 6) is -0.232. The van der Waals surface area contributed by atoms with Crippen LogP contribution >= 0.6 is 11.8 Å². The van der Waals surface area contributed by atoms with Crippen LogP contribution in [0.15, 0.2) is 41.3 Å². The second-order valence-corrected chi connectivity index (χ2v) is 9.60. The average molecular weight is 507 g/mol. The highest BCUT2D eigenvalue weighted by Gasteiger charge is 2.36. The first-order valence-corrected chi connectivity index (χ1v) is 13.0.